The standard InChI is InChI=1S/C47H29NO/c1-2-13-31(14-3-1)48(33-23-26-38-39-25-22-30-12-4-5-15-34(30)46(39)49-45(38)29-33)32-24-27-44-40(28-32)37-18-8-11-21-43(37)47(44)41-19-9-6-16-35(41)36-17-7-10-20-42(36)47/h1-29H. The number of fused-ring (bicyclic) bond motifs is 15. The molecule has 0 saturated heterocycles. The molecule has 0 saturated carbocycles. The molecule has 9 aromatic rings. The lowest BCUT2D eigenvalue weighted by Gasteiger charge is -2.31. The lowest BCUT2D eigenvalue weighted by atomic mass is 9.70. The molecule has 2 nitrogen and oxygen atoms in total. The predicted octanol–water partition coefficient (Wildman–Crippen LogP) is 12.6. The Hall–Kier alpha value is -6.38. The van der Waals surface area contributed by atoms with Gasteiger partial charge in [-0.1, -0.05) is 127 Å². The van der Waals surface area contributed by atoms with Crippen LogP contribution in [0.5, 0.6) is 0 Å². The van der Waals surface area contributed by atoms with Crippen LogP contribution < -0.4 is 4.90 Å². The lowest BCUT2D eigenvalue weighted by Crippen LogP contribution is -2.25. The van der Waals surface area contributed by atoms with Gasteiger partial charge in [0.05, 0.1) is 5.41 Å². The number of hydrogen-bond acceptors (Lipinski definition) is 2. The monoisotopic (exact) mass is 623 g/mol. The molecule has 0 N–H and O–H groups in total. The van der Waals surface area contributed by atoms with Gasteiger partial charge in [0.15, 0.2) is 0 Å². The Labute approximate surface area is 284 Å². The molecule has 8 aromatic carbocycles. The van der Waals surface area contributed by atoms with Gasteiger partial charge in [-0.3, -0.25) is 0 Å². The van der Waals surface area contributed by atoms with Gasteiger partial charge in [0.25, 0.3) is 0 Å². The fourth-order valence-corrected chi connectivity index (χ4v) is 8.88. The van der Waals surface area contributed by atoms with Gasteiger partial charge in [-0.25, -0.2) is 0 Å². The van der Waals surface area contributed by atoms with Gasteiger partial charge in [-0.2, -0.15) is 0 Å². The summed E-state index contributed by atoms with van der Waals surface area (Å²) in [5.74, 6) is 0. The SMILES string of the molecule is c1ccc(N(c2ccc3c(c2)-c2ccccc2C32c3ccccc3-c3ccccc32)c2ccc3c(c2)oc2c4ccccc4ccc32)cc1. The van der Waals surface area contributed by atoms with Gasteiger partial charge in [-0.15, -0.1) is 0 Å². The first-order valence-electron chi connectivity index (χ1n) is 16.9. The van der Waals surface area contributed by atoms with E-state index in [-0.39, 0.29) is 5.41 Å². The molecule has 0 atom stereocenters. The molecule has 0 unspecified atom stereocenters. The number of anilines is 3. The second kappa shape index (κ2) is 9.82. The summed E-state index contributed by atoms with van der Waals surface area (Å²) in [7, 11) is 0. The third-order valence-electron chi connectivity index (χ3n) is 10.9. The minimum absolute atomic E-state index is 0.356. The molecular weight excluding hydrogens is 595 g/mol. The summed E-state index contributed by atoms with van der Waals surface area (Å²) < 4.78 is 6.65. The molecule has 1 heterocycles. The van der Waals surface area contributed by atoms with Crippen LogP contribution in [-0.2, 0) is 5.41 Å². The highest BCUT2D eigenvalue weighted by molar-refractivity contribution is 6.15. The van der Waals surface area contributed by atoms with Crippen molar-refractivity contribution < 1.29 is 4.42 Å². The smallest absolute Gasteiger partial charge is 0.143 e. The van der Waals surface area contributed by atoms with E-state index >= 15 is 0 Å². The minimum atomic E-state index is -0.356. The van der Waals surface area contributed by atoms with E-state index in [4.69, 9.17) is 4.42 Å². The molecule has 1 spiro atoms. The Morgan fingerprint density at radius 1 is 0.367 bits per heavy atom. The third kappa shape index (κ3) is 3.50. The van der Waals surface area contributed by atoms with E-state index in [0.29, 0.717) is 0 Å². The van der Waals surface area contributed by atoms with Crippen molar-refractivity contribution in [3.05, 3.63) is 198 Å². The van der Waals surface area contributed by atoms with Crippen molar-refractivity contribution in [1.82, 2.24) is 0 Å². The zero-order valence-corrected chi connectivity index (χ0v) is 26.6. The van der Waals surface area contributed by atoms with Gasteiger partial charge >= 0.3 is 0 Å². The summed E-state index contributed by atoms with van der Waals surface area (Å²) in [6.07, 6.45) is 0. The van der Waals surface area contributed by atoms with Gasteiger partial charge in [-0.05, 0) is 92.4 Å². The topological polar surface area (TPSA) is 16.4 Å². The zero-order chi connectivity index (χ0) is 32.1. The summed E-state index contributed by atoms with van der Waals surface area (Å²) in [5.41, 5.74) is 15.3. The van der Waals surface area contributed by atoms with Crippen molar-refractivity contribution in [2.24, 2.45) is 0 Å². The van der Waals surface area contributed by atoms with Crippen LogP contribution in [0.1, 0.15) is 22.3 Å². The van der Waals surface area contributed by atoms with Gasteiger partial charge in [0.1, 0.15) is 11.2 Å². The molecule has 49 heavy (non-hydrogen) atoms. The van der Waals surface area contributed by atoms with Crippen LogP contribution in [0.3, 0.4) is 0 Å². The molecule has 1 aromatic heterocycles. The van der Waals surface area contributed by atoms with Crippen LogP contribution in [0, 0.1) is 0 Å². The van der Waals surface area contributed by atoms with Crippen LogP contribution in [0.25, 0.3) is 55.0 Å². The normalized spacial score (nSPS) is 13.5. The lowest BCUT2D eigenvalue weighted by molar-refractivity contribution is 0.672. The highest BCUT2D eigenvalue weighted by Crippen LogP contribution is 2.63. The maximum Gasteiger partial charge on any atom is 0.143 e. The Bertz CT molecular complexity index is 2740. The van der Waals surface area contributed by atoms with Crippen molar-refractivity contribution >= 4 is 49.8 Å². The van der Waals surface area contributed by atoms with E-state index in [0.717, 1.165) is 44.4 Å². The fourth-order valence-electron chi connectivity index (χ4n) is 8.88. The summed E-state index contributed by atoms with van der Waals surface area (Å²) >= 11 is 0. The fraction of sp³-hybridized carbons (Fsp3) is 0.0213. The molecule has 0 radical (unpaired) electrons. The number of nitrogens with zero attached hydrogens (tertiary/aromatic N) is 1. The molecule has 0 aliphatic heterocycles. The van der Waals surface area contributed by atoms with Crippen LogP contribution in [0.4, 0.5) is 17.1 Å². The molecular formula is C47H29NO. The van der Waals surface area contributed by atoms with Crippen molar-refractivity contribution in [3.8, 4) is 22.3 Å². The highest BCUT2D eigenvalue weighted by Gasteiger charge is 2.51. The predicted molar refractivity (Wildman–Crippen MR) is 202 cm³/mol. The van der Waals surface area contributed by atoms with Gasteiger partial charge in [0, 0.05) is 39.3 Å². The molecule has 11 rings (SSSR count). The van der Waals surface area contributed by atoms with E-state index in [2.05, 4.69) is 181 Å². The number of para-hydroxylation sites is 1. The Balaban J connectivity index is 1.14. The van der Waals surface area contributed by atoms with Crippen molar-refractivity contribution in [1.29, 1.82) is 0 Å². The van der Waals surface area contributed by atoms with E-state index in [9.17, 15) is 0 Å². The Kier molecular flexibility index (Phi) is 5.34. The summed E-state index contributed by atoms with van der Waals surface area (Å²) in [6, 6.07) is 64.1. The largest absolute Gasteiger partial charge is 0.455 e. The van der Waals surface area contributed by atoms with E-state index in [1.165, 1.54) is 49.9 Å². The molecule has 2 heteroatoms. The number of benzene rings is 8. The highest BCUT2D eigenvalue weighted by atomic mass is 16.3. The Morgan fingerprint density at radius 3 is 1.65 bits per heavy atom. The maximum atomic E-state index is 6.65. The van der Waals surface area contributed by atoms with Crippen molar-refractivity contribution in [2.45, 2.75) is 5.41 Å². The zero-order valence-electron chi connectivity index (χ0n) is 26.6. The second-order valence-electron chi connectivity index (χ2n) is 13.2. The van der Waals surface area contributed by atoms with Crippen LogP contribution in [0.15, 0.2) is 180 Å². The first kappa shape index (κ1) is 26.7. The summed E-state index contributed by atoms with van der Waals surface area (Å²) in [5, 5.41) is 4.59. The van der Waals surface area contributed by atoms with Gasteiger partial charge < -0.3 is 9.32 Å². The molecule has 2 aliphatic carbocycles. The second-order valence-corrected chi connectivity index (χ2v) is 13.2. The summed E-state index contributed by atoms with van der Waals surface area (Å²) in [4.78, 5) is 2.36. The minimum Gasteiger partial charge on any atom is -0.455 e. The molecule has 0 amide bonds. The first-order valence-corrected chi connectivity index (χ1v) is 16.9. The molecule has 0 fully saturated rings. The average Bonchev–Trinajstić information content (AvgIpc) is 3.79. The quantitative estimate of drug-likeness (QED) is 0.195. The maximum absolute atomic E-state index is 6.65. The summed E-state index contributed by atoms with van der Waals surface area (Å²) in [6.45, 7) is 0. The van der Waals surface area contributed by atoms with Gasteiger partial charge in [0.2, 0.25) is 0 Å². The third-order valence-corrected chi connectivity index (χ3v) is 10.9. The van der Waals surface area contributed by atoms with Crippen molar-refractivity contribution in [2.75, 3.05) is 4.90 Å². The van der Waals surface area contributed by atoms with E-state index < -0.39 is 0 Å². The molecule has 2 aliphatic rings. The van der Waals surface area contributed by atoms with E-state index in [1.807, 2.05) is 0 Å². The van der Waals surface area contributed by atoms with Crippen LogP contribution in [0.2, 0.25) is 0 Å². The number of hydrogen-bond donors (Lipinski definition) is 0. The number of rotatable bonds is 3. The van der Waals surface area contributed by atoms with Crippen molar-refractivity contribution in [3.63, 3.8) is 0 Å². The Morgan fingerprint density at radius 2 is 0.918 bits per heavy atom. The van der Waals surface area contributed by atoms with E-state index in [1.54, 1.807) is 0 Å². The first-order chi connectivity index (χ1) is 24.3. The molecule has 228 valence electrons. The van der Waals surface area contributed by atoms with Crippen LogP contribution >= 0.6 is 0 Å². The number of furan rings is 1. The average molecular weight is 624 g/mol. The molecule has 0 bridgehead atoms. The van der Waals surface area contributed by atoms with Crippen LogP contribution in [-0.4, -0.2) is 0 Å².